The van der Waals surface area contributed by atoms with Gasteiger partial charge < -0.3 is 10.1 Å². The van der Waals surface area contributed by atoms with E-state index in [1.807, 2.05) is 67.6 Å². The smallest absolute Gasteiger partial charge is 0.246 e. The lowest BCUT2D eigenvalue weighted by atomic mass is 10.0. The Morgan fingerprint density at radius 3 is 2.21 bits per heavy atom. The van der Waals surface area contributed by atoms with Crippen molar-refractivity contribution in [2.24, 2.45) is 0 Å². The van der Waals surface area contributed by atoms with Crippen molar-refractivity contribution in [3.05, 3.63) is 71.8 Å². The lowest BCUT2D eigenvalue weighted by molar-refractivity contribution is -0.127. The normalized spacial score (nSPS) is 20.2. The molecule has 1 amide bonds. The Balaban J connectivity index is 1.65. The molecule has 2 aromatic carbocycles. The number of ether oxygens (including phenoxy) is 1. The van der Waals surface area contributed by atoms with Crippen molar-refractivity contribution in [2.75, 3.05) is 13.2 Å². The standard InChI is InChI=1S/C19H23N3O2/c1-14-17(12-20-22-14)21-18(23)13-24-19(15-8-4-2-5-9-15)16-10-6-3-7-11-16/h2-11,14,17,19-20,22H,12-13H2,1H3,(H,21,23). The first-order valence-electron chi connectivity index (χ1n) is 8.23. The van der Waals surface area contributed by atoms with Crippen LogP contribution in [0, 0.1) is 0 Å². The number of hydrogen-bond acceptors (Lipinski definition) is 4. The quantitative estimate of drug-likeness (QED) is 0.757. The third-order valence-corrected chi connectivity index (χ3v) is 4.19. The van der Waals surface area contributed by atoms with Crippen LogP contribution in [0.25, 0.3) is 0 Å². The molecule has 3 N–H and O–H groups in total. The molecule has 1 fully saturated rings. The number of amides is 1. The molecule has 24 heavy (non-hydrogen) atoms. The number of hydrazine groups is 1. The first-order valence-corrected chi connectivity index (χ1v) is 8.23. The van der Waals surface area contributed by atoms with E-state index in [2.05, 4.69) is 16.2 Å². The van der Waals surface area contributed by atoms with E-state index >= 15 is 0 Å². The molecule has 1 aliphatic heterocycles. The lowest BCUT2D eigenvalue weighted by Crippen LogP contribution is -2.44. The molecule has 5 nitrogen and oxygen atoms in total. The molecular weight excluding hydrogens is 302 g/mol. The third kappa shape index (κ3) is 4.20. The predicted octanol–water partition coefficient (Wildman–Crippen LogP) is 1.77. The van der Waals surface area contributed by atoms with Gasteiger partial charge in [-0.3, -0.25) is 15.6 Å². The lowest BCUT2D eigenvalue weighted by Gasteiger charge is -2.20. The van der Waals surface area contributed by atoms with Gasteiger partial charge in [0.15, 0.2) is 0 Å². The van der Waals surface area contributed by atoms with Gasteiger partial charge in [-0.1, -0.05) is 60.7 Å². The zero-order valence-corrected chi connectivity index (χ0v) is 13.7. The highest BCUT2D eigenvalue weighted by Crippen LogP contribution is 2.25. The van der Waals surface area contributed by atoms with Crippen LogP contribution in [0.4, 0.5) is 0 Å². The Morgan fingerprint density at radius 1 is 1.12 bits per heavy atom. The van der Waals surface area contributed by atoms with Crippen LogP contribution in [-0.2, 0) is 9.53 Å². The highest BCUT2D eigenvalue weighted by molar-refractivity contribution is 5.77. The molecule has 126 valence electrons. The molecule has 0 aromatic heterocycles. The van der Waals surface area contributed by atoms with Crippen LogP contribution in [0.5, 0.6) is 0 Å². The van der Waals surface area contributed by atoms with Gasteiger partial charge in [0, 0.05) is 12.6 Å². The molecule has 3 rings (SSSR count). The highest BCUT2D eigenvalue weighted by Gasteiger charge is 2.24. The summed E-state index contributed by atoms with van der Waals surface area (Å²) in [4.78, 5) is 12.2. The van der Waals surface area contributed by atoms with Crippen molar-refractivity contribution in [1.29, 1.82) is 0 Å². The van der Waals surface area contributed by atoms with E-state index in [9.17, 15) is 4.79 Å². The van der Waals surface area contributed by atoms with E-state index in [1.165, 1.54) is 0 Å². The van der Waals surface area contributed by atoms with Crippen LogP contribution in [0.1, 0.15) is 24.2 Å². The van der Waals surface area contributed by atoms with Crippen LogP contribution in [-0.4, -0.2) is 31.1 Å². The number of nitrogens with one attached hydrogen (secondary N) is 3. The van der Waals surface area contributed by atoms with Crippen molar-refractivity contribution in [3.63, 3.8) is 0 Å². The summed E-state index contributed by atoms with van der Waals surface area (Å²) >= 11 is 0. The average molecular weight is 325 g/mol. The van der Waals surface area contributed by atoms with E-state index < -0.39 is 0 Å². The Bertz CT molecular complexity index is 609. The molecule has 0 radical (unpaired) electrons. The molecule has 1 aliphatic rings. The second-order valence-electron chi connectivity index (χ2n) is 6.00. The van der Waals surface area contributed by atoms with Gasteiger partial charge in [-0.05, 0) is 18.1 Å². The van der Waals surface area contributed by atoms with Crippen LogP contribution in [0.3, 0.4) is 0 Å². The van der Waals surface area contributed by atoms with Crippen LogP contribution in [0.15, 0.2) is 60.7 Å². The fourth-order valence-corrected chi connectivity index (χ4v) is 2.83. The molecule has 1 saturated heterocycles. The van der Waals surface area contributed by atoms with Gasteiger partial charge >= 0.3 is 0 Å². The third-order valence-electron chi connectivity index (χ3n) is 4.19. The van der Waals surface area contributed by atoms with Gasteiger partial charge in [-0.25, -0.2) is 0 Å². The van der Waals surface area contributed by atoms with Crippen LogP contribution >= 0.6 is 0 Å². The minimum absolute atomic E-state index is 0.0255. The highest BCUT2D eigenvalue weighted by atomic mass is 16.5. The minimum Gasteiger partial charge on any atom is -0.359 e. The first-order chi connectivity index (χ1) is 11.7. The summed E-state index contributed by atoms with van der Waals surface area (Å²) in [5, 5.41) is 3.00. The fourth-order valence-electron chi connectivity index (χ4n) is 2.83. The molecule has 2 atom stereocenters. The van der Waals surface area contributed by atoms with Crippen molar-refractivity contribution in [3.8, 4) is 0 Å². The fraction of sp³-hybridized carbons (Fsp3) is 0.316. The van der Waals surface area contributed by atoms with Crippen molar-refractivity contribution in [2.45, 2.75) is 25.1 Å². The number of rotatable bonds is 6. The second-order valence-corrected chi connectivity index (χ2v) is 6.00. The summed E-state index contributed by atoms with van der Waals surface area (Å²) in [6, 6.07) is 20.2. The Morgan fingerprint density at radius 2 is 1.71 bits per heavy atom. The molecule has 0 aliphatic carbocycles. The first kappa shape index (κ1) is 16.6. The maximum absolute atomic E-state index is 12.2. The number of carbonyl (C=O) groups excluding carboxylic acids is 1. The minimum atomic E-state index is -0.254. The zero-order valence-electron chi connectivity index (χ0n) is 13.7. The Hall–Kier alpha value is -2.21. The monoisotopic (exact) mass is 325 g/mol. The molecule has 0 bridgehead atoms. The summed E-state index contributed by atoms with van der Waals surface area (Å²) in [5.41, 5.74) is 8.20. The molecule has 2 unspecified atom stereocenters. The zero-order chi connectivity index (χ0) is 16.8. The molecule has 2 aromatic rings. The summed E-state index contributed by atoms with van der Waals surface area (Å²) in [5.74, 6) is -0.103. The second kappa shape index (κ2) is 8.06. The SMILES string of the molecule is CC1NNCC1NC(=O)COC(c1ccccc1)c1ccccc1. The largest absolute Gasteiger partial charge is 0.359 e. The van der Waals surface area contributed by atoms with Gasteiger partial charge in [0.2, 0.25) is 5.91 Å². The van der Waals surface area contributed by atoms with E-state index in [1.54, 1.807) is 0 Å². The van der Waals surface area contributed by atoms with Crippen molar-refractivity contribution < 1.29 is 9.53 Å². The van der Waals surface area contributed by atoms with Crippen LogP contribution < -0.4 is 16.2 Å². The maximum Gasteiger partial charge on any atom is 0.246 e. The van der Waals surface area contributed by atoms with Crippen molar-refractivity contribution >= 4 is 5.91 Å². The van der Waals surface area contributed by atoms with Crippen LogP contribution in [0.2, 0.25) is 0 Å². The molecular formula is C19H23N3O2. The number of hydrogen-bond donors (Lipinski definition) is 3. The van der Waals surface area contributed by atoms with Crippen molar-refractivity contribution in [1.82, 2.24) is 16.2 Å². The molecule has 0 saturated carbocycles. The van der Waals surface area contributed by atoms with Gasteiger partial charge in [-0.15, -0.1) is 0 Å². The Kier molecular flexibility index (Phi) is 5.59. The summed E-state index contributed by atoms with van der Waals surface area (Å²) in [7, 11) is 0. The topological polar surface area (TPSA) is 62.4 Å². The summed E-state index contributed by atoms with van der Waals surface area (Å²) in [6.45, 7) is 2.77. The number of benzene rings is 2. The van der Waals surface area contributed by atoms with E-state index in [0.717, 1.165) is 11.1 Å². The molecule has 1 heterocycles. The summed E-state index contributed by atoms with van der Waals surface area (Å²) in [6.07, 6.45) is -0.254. The van der Waals surface area contributed by atoms with Gasteiger partial charge in [0.25, 0.3) is 0 Å². The van der Waals surface area contributed by atoms with Gasteiger partial charge in [0.05, 0.1) is 6.04 Å². The Labute approximate surface area is 142 Å². The molecule has 5 heteroatoms. The van der Waals surface area contributed by atoms with Gasteiger partial charge in [-0.2, -0.15) is 0 Å². The number of carbonyl (C=O) groups is 1. The molecule has 0 spiro atoms. The predicted molar refractivity (Wildman–Crippen MR) is 93.2 cm³/mol. The van der Waals surface area contributed by atoms with Gasteiger partial charge in [0.1, 0.15) is 12.7 Å². The summed E-state index contributed by atoms with van der Waals surface area (Å²) < 4.78 is 5.97. The average Bonchev–Trinajstić information content (AvgIpc) is 3.02. The van der Waals surface area contributed by atoms with E-state index in [4.69, 9.17) is 4.74 Å². The van der Waals surface area contributed by atoms with E-state index in [-0.39, 0.29) is 30.7 Å². The maximum atomic E-state index is 12.2. The van der Waals surface area contributed by atoms with E-state index in [0.29, 0.717) is 6.54 Å².